The molecule has 184 valence electrons. The molecule has 9 heteroatoms. The highest BCUT2D eigenvalue weighted by Gasteiger charge is 2.44. The quantitative estimate of drug-likeness (QED) is 0.493. The van der Waals surface area contributed by atoms with Crippen LogP contribution in [0.25, 0.3) is 0 Å². The van der Waals surface area contributed by atoms with Gasteiger partial charge in [-0.05, 0) is 38.1 Å². The van der Waals surface area contributed by atoms with Crippen molar-refractivity contribution in [2.45, 2.75) is 77.4 Å². The van der Waals surface area contributed by atoms with E-state index in [1.807, 2.05) is 0 Å². The van der Waals surface area contributed by atoms with Gasteiger partial charge in [0, 0.05) is 49.6 Å². The van der Waals surface area contributed by atoms with Gasteiger partial charge in [0.2, 0.25) is 0 Å². The Bertz CT molecular complexity index is 870. The predicted molar refractivity (Wildman–Crippen MR) is 125 cm³/mol. The number of carbonyl (C=O) groups is 2. The van der Waals surface area contributed by atoms with Crippen molar-refractivity contribution in [3.05, 3.63) is 17.0 Å². The number of ether oxygens (including phenoxy) is 3. The molecule has 5 rings (SSSR count). The van der Waals surface area contributed by atoms with Crippen molar-refractivity contribution in [2.75, 3.05) is 33.0 Å². The topological polar surface area (TPSA) is 99.9 Å². The number of ketones is 1. The van der Waals surface area contributed by atoms with Gasteiger partial charge in [-0.1, -0.05) is 19.6 Å². The average molecular weight is 479 g/mol. The van der Waals surface area contributed by atoms with Gasteiger partial charge in [0.25, 0.3) is 0 Å². The number of fused-ring (bicyclic) bond motifs is 1. The van der Waals surface area contributed by atoms with Crippen molar-refractivity contribution in [1.29, 1.82) is 0 Å². The fourth-order valence-electron chi connectivity index (χ4n) is 5.01. The zero-order valence-electron chi connectivity index (χ0n) is 20.3. The molecule has 0 aromatic carbocycles. The normalized spacial score (nSPS) is 22.7. The summed E-state index contributed by atoms with van der Waals surface area (Å²) < 4.78 is 18.1. The molecule has 2 aliphatic carbocycles. The second kappa shape index (κ2) is 9.60. The van der Waals surface area contributed by atoms with Crippen LogP contribution in [0.3, 0.4) is 0 Å². The number of hydrogen-bond donors (Lipinski definition) is 1. The monoisotopic (exact) mass is 478 g/mol. The van der Waals surface area contributed by atoms with Gasteiger partial charge in [0.05, 0.1) is 26.4 Å². The van der Waals surface area contributed by atoms with Crippen molar-refractivity contribution < 1.29 is 28.9 Å². The van der Waals surface area contributed by atoms with Crippen LogP contribution < -0.4 is 0 Å². The molecule has 2 spiro atoms. The summed E-state index contributed by atoms with van der Waals surface area (Å²) in [5.74, 6) is -0.500. The van der Waals surface area contributed by atoms with E-state index in [1.165, 1.54) is 0 Å². The smallest absolute Gasteiger partial charge is 0.356 e. The van der Waals surface area contributed by atoms with Crippen LogP contribution in [0.4, 0.5) is 0 Å². The minimum Gasteiger partial charge on any atom is -0.476 e. The summed E-state index contributed by atoms with van der Waals surface area (Å²) in [6, 6.07) is 1.10. The molecule has 4 aliphatic rings. The maximum absolute atomic E-state index is 11.5. The van der Waals surface area contributed by atoms with Crippen LogP contribution in [0.5, 0.6) is 0 Å². The number of hydrogen-bond acceptors (Lipinski definition) is 6. The lowest BCUT2D eigenvalue weighted by atomic mass is 9.72. The lowest BCUT2D eigenvalue weighted by Crippen LogP contribution is -2.47. The second-order valence-corrected chi connectivity index (χ2v) is 17.2. The molecule has 0 radical (unpaired) electrons. The Kier molecular flexibility index (Phi) is 7.15. The summed E-state index contributed by atoms with van der Waals surface area (Å²) in [5, 5.41) is 13.7. The minimum atomic E-state index is -1.12. The van der Waals surface area contributed by atoms with E-state index < -0.39 is 14.0 Å². The van der Waals surface area contributed by atoms with Crippen molar-refractivity contribution in [2.24, 2.45) is 10.8 Å². The number of rotatable bonds is 6. The van der Waals surface area contributed by atoms with Crippen LogP contribution in [-0.2, 0) is 38.6 Å². The Balaban J connectivity index is 0.000000214. The van der Waals surface area contributed by atoms with E-state index in [1.54, 1.807) is 4.68 Å². The van der Waals surface area contributed by atoms with Gasteiger partial charge in [0.1, 0.15) is 12.5 Å². The molecule has 1 aromatic rings. The molecule has 0 bridgehead atoms. The molecule has 8 nitrogen and oxygen atoms in total. The van der Waals surface area contributed by atoms with Crippen LogP contribution >= 0.6 is 0 Å². The Morgan fingerprint density at radius 3 is 2.18 bits per heavy atom. The molecule has 33 heavy (non-hydrogen) atoms. The number of carboxylic acids is 1. The van der Waals surface area contributed by atoms with Gasteiger partial charge in [-0.25, -0.2) is 9.48 Å². The molecule has 3 fully saturated rings. The summed E-state index contributed by atoms with van der Waals surface area (Å²) in [5.41, 5.74) is 2.75. The first-order chi connectivity index (χ1) is 15.6. The molecular weight excluding hydrogens is 440 g/mol. The van der Waals surface area contributed by atoms with Crippen molar-refractivity contribution in [3.8, 4) is 0 Å². The van der Waals surface area contributed by atoms with Gasteiger partial charge in [0.15, 0.2) is 5.69 Å². The van der Waals surface area contributed by atoms with Crippen LogP contribution in [0.2, 0.25) is 25.7 Å². The molecular formula is C24H38N2O6Si. The molecule has 0 amide bonds. The molecule has 0 atom stereocenters. The minimum absolute atomic E-state index is 0.193. The summed E-state index contributed by atoms with van der Waals surface area (Å²) in [4.78, 5) is 22.3. The Morgan fingerprint density at radius 1 is 1.06 bits per heavy atom. The summed E-state index contributed by atoms with van der Waals surface area (Å²) in [6.45, 7) is 11.4. The van der Waals surface area contributed by atoms with E-state index in [0.717, 1.165) is 88.7 Å². The number of Topliss-reactive ketones (excluding diaryl/α,β-unsaturated/α-hetero) is 1. The fraction of sp³-hybridized carbons (Fsp3) is 0.792. The van der Waals surface area contributed by atoms with E-state index in [9.17, 15) is 14.7 Å². The Hall–Kier alpha value is -1.55. The molecule has 0 unspecified atom stereocenters. The van der Waals surface area contributed by atoms with Crippen LogP contribution in [0.1, 0.15) is 53.8 Å². The predicted octanol–water partition coefficient (Wildman–Crippen LogP) is 3.55. The largest absolute Gasteiger partial charge is 0.476 e. The Labute approximate surface area is 197 Å². The highest BCUT2D eigenvalue weighted by atomic mass is 28.3. The summed E-state index contributed by atoms with van der Waals surface area (Å²) >= 11 is 0. The third-order valence-corrected chi connectivity index (χ3v) is 9.23. The van der Waals surface area contributed by atoms with E-state index in [-0.39, 0.29) is 11.1 Å². The second-order valence-electron chi connectivity index (χ2n) is 11.6. The first-order valence-corrected chi connectivity index (χ1v) is 15.9. The van der Waals surface area contributed by atoms with E-state index in [0.29, 0.717) is 24.5 Å². The molecule has 2 aliphatic heterocycles. The molecule has 2 saturated heterocycles. The third-order valence-electron chi connectivity index (χ3n) is 7.53. The van der Waals surface area contributed by atoms with Crippen LogP contribution in [-0.4, -0.2) is 67.7 Å². The maximum Gasteiger partial charge on any atom is 0.356 e. The number of aromatic nitrogens is 2. The molecule has 1 saturated carbocycles. The Morgan fingerprint density at radius 2 is 1.67 bits per heavy atom. The lowest BCUT2D eigenvalue weighted by molar-refractivity contribution is -0.145. The molecule has 1 aromatic heterocycles. The van der Waals surface area contributed by atoms with E-state index >= 15 is 0 Å². The highest BCUT2D eigenvalue weighted by Crippen LogP contribution is 2.42. The number of carboxylic acid groups (broad SMARTS) is 1. The average Bonchev–Trinajstić information content (AvgIpc) is 3.07. The number of carbonyl (C=O) groups excluding carboxylic acids is 1. The fourth-order valence-corrected chi connectivity index (χ4v) is 5.77. The SMILES string of the molecule is C[Si](C)(C)CCOCn1nc(C(=O)O)c2c1CC1(CC2)COC1.O=C1CCC2(CC1)COC2. The zero-order chi connectivity index (χ0) is 23.7. The van der Waals surface area contributed by atoms with Crippen LogP contribution in [0.15, 0.2) is 0 Å². The summed E-state index contributed by atoms with van der Waals surface area (Å²) in [6.07, 6.45) is 6.35. The van der Waals surface area contributed by atoms with Gasteiger partial charge in [-0.15, -0.1) is 0 Å². The zero-order valence-corrected chi connectivity index (χ0v) is 21.3. The first kappa shape index (κ1) is 24.6. The van der Waals surface area contributed by atoms with E-state index in [2.05, 4.69) is 24.7 Å². The van der Waals surface area contributed by atoms with Gasteiger partial charge in [-0.2, -0.15) is 5.10 Å². The maximum atomic E-state index is 11.5. The molecule has 1 N–H and O–H groups in total. The summed E-state index contributed by atoms with van der Waals surface area (Å²) in [7, 11) is -1.12. The van der Waals surface area contributed by atoms with Gasteiger partial charge >= 0.3 is 5.97 Å². The highest BCUT2D eigenvalue weighted by molar-refractivity contribution is 6.76. The lowest BCUT2D eigenvalue weighted by Gasteiger charge is -2.44. The molecule has 3 heterocycles. The van der Waals surface area contributed by atoms with E-state index in [4.69, 9.17) is 14.2 Å². The number of nitrogens with zero attached hydrogens (tertiary/aromatic N) is 2. The van der Waals surface area contributed by atoms with Crippen molar-refractivity contribution in [1.82, 2.24) is 9.78 Å². The van der Waals surface area contributed by atoms with Crippen LogP contribution in [0, 0.1) is 10.8 Å². The first-order valence-electron chi connectivity index (χ1n) is 12.2. The number of aromatic carboxylic acids is 1. The standard InChI is InChI=1S/C16H26N2O4Si.C8H12O2/c1-23(2,3)7-6-21-11-18-13-8-16(9-22-10-16)5-4-12(13)14(17-18)15(19)20;9-7-1-3-8(4-2-7)5-10-6-8/h4-11H2,1-3H3,(H,19,20);1-6H2. The van der Waals surface area contributed by atoms with Crippen molar-refractivity contribution >= 4 is 19.8 Å². The van der Waals surface area contributed by atoms with Crippen molar-refractivity contribution in [3.63, 3.8) is 0 Å². The van der Waals surface area contributed by atoms with Gasteiger partial charge in [-0.3, -0.25) is 4.79 Å². The third kappa shape index (κ3) is 5.75. The van der Waals surface area contributed by atoms with Gasteiger partial charge < -0.3 is 19.3 Å².